The number of rotatable bonds is 10. The van der Waals surface area contributed by atoms with E-state index in [1.807, 2.05) is 12.1 Å². The third kappa shape index (κ3) is 5.98. The Bertz CT molecular complexity index is 929. The van der Waals surface area contributed by atoms with Crippen molar-refractivity contribution in [3.05, 3.63) is 95.6 Å². The van der Waals surface area contributed by atoms with Gasteiger partial charge in [-0.3, -0.25) is 0 Å². The molecule has 156 valence electrons. The third-order valence-electron chi connectivity index (χ3n) is 5.34. The molecule has 30 heavy (non-hydrogen) atoms. The van der Waals surface area contributed by atoms with Crippen molar-refractivity contribution in [2.75, 3.05) is 38.6 Å². The average molecular weight is 401 g/mol. The second-order valence-electron chi connectivity index (χ2n) is 7.23. The Morgan fingerprint density at radius 3 is 2.23 bits per heavy atom. The Balaban J connectivity index is 1.83. The standard InChI is InChI=1S/C27H32N2O/c1-4-29(5-2)19-18-28-25-16-14-24(15-17-25)27(23-11-7-6-8-12-23)21-22-10-9-13-26(20-22)30-3/h6-17,20-21,28H,4-5,18-19H2,1-3H3. The lowest BCUT2D eigenvalue weighted by atomic mass is 9.95. The summed E-state index contributed by atoms with van der Waals surface area (Å²) in [6.07, 6.45) is 2.22. The Morgan fingerprint density at radius 2 is 1.57 bits per heavy atom. The van der Waals surface area contributed by atoms with Crippen LogP contribution < -0.4 is 10.1 Å². The molecule has 0 fully saturated rings. The molecule has 0 radical (unpaired) electrons. The summed E-state index contributed by atoms with van der Waals surface area (Å²) in [6.45, 7) is 8.60. The van der Waals surface area contributed by atoms with Crippen molar-refractivity contribution < 1.29 is 4.74 Å². The van der Waals surface area contributed by atoms with E-state index in [1.165, 1.54) is 16.7 Å². The van der Waals surface area contributed by atoms with Crippen molar-refractivity contribution in [1.82, 2.24) is 4.90 Å². The van der Waals surface area contributed by atoms with Gasteiger partial charge in [-0.15, -0.1) is 0 Å². The summed E-state index contributed by atoms with van der Waals surface area (Å²) in [5.41, 5.74) is 5.86. The van der Waals surface area contributed by atoms with E-state index >= 15 is 0 Å². The molecule has 3 rings (SSSR count). The quantitative estimate of drug-likeness (QED) is 0.420. The molecule has 0 saturated carbocycles. The van der Waals surface area contributed by atoms with Crippen LogP contribution in [-0.4, -0.2) is 38.2 Å². The number of ether oxygens (including phenoxy) is 1. The van der Waals surface area contributed by atoms with Crippen LogP contribution in [0.3, 0.4) is 0 Å². The van der Waals surface area contributed by atoms with E-state index in [0.717, 1.165) is 43.2 Å². The van der Waals surface area contributed by atoms with Crippen LogP contribution in [0.2, 0.25) is 0 Å². The lowest BCUT2D eigenvalue weighted by Gasteiger charge is -2.18. The van der Waals surface area contributed by atoms with Crippen LogP contribution >= 0.6 is 0 Å². The van der Waals surface area contributed by atoms with Crippen LogP contribution in [0, 0.1) is 0 Å². The first-order valence-electron chi connectivity index (χ1n) is 10.7. The highest BCUT2D eigenvalue weighted by atomic mass is 16.5. The fourth-order valence-corrected chi connectivity index (χ4v) is 3.51. The van der Waals surface area contributed by atoms with Crippen LogP contribution in [0.15, 0.2) is 78.9 Å². The van der Waals surface area contributed by atoms with E-state index in [1.54, 1.807) is 7.11 Å². The van der Waals surface area contributed by atoms with Crippen molar-refractivity contribution in [3.8, 4) is 5.75 Å². The second-order valence-corrected chi connectivity index (χ2v) is 7.23. The van der Waals surface area contributed by atoms with Crippen molar-refractivity contribution in [3.63, 3.8) is 0 Å². The van der Waals surface area contributed by atoms with Crippen LogP contribution in [0.25, 0.3) is 11.6 Å². The maximum atomic E-state index is 5.39. The predicted octanol–water partition coefficient (Wildman–Crippen LogP) is 6.04. The van der Waals surface area contributed by atoms with Crippen molar-refractivity contribution in [2.45, 2.75) is 13.8 Å². The summed E-state index contributed by atoms with van der Waals surface area (Å²) in [6, 6.07) is 27.4. The summed E-state index contributed by atoms with van der Waals surface area (Å²) >= 11 is 0. The first-order chi connectivity index (χ1) is 14.7. The summed E-state index contributed by atoms with van der Waals surface area (Å²) in [7, 11) is 1.70. The van der Waals surface area contributed by atoms with Gasteiger partial charge in [-0.25, -0.2) is 0 Å². The van der Waals surface area contributed by atoms with Gasteiger partial charge in [-0.1, -0.05) is 68.4 Å². The molecule has 0 saturated heterocycles. The van der Waals surface area contributed by atoms with E-state index in [4.69, 9.17) is 4.74 Å². The number of methoxy groups -OCH3 is 1. The topological polar surface area (TPSA) is 24.5 Å². The van der Waals surface area contributed by atoms with E-state index in [2.05, 4.69) is 96.9 Å². The zero-order chi connectivity index (χ0) is 21.2. The fourth-order valence-electron chi connectivity index (χ4n) is 3.51. The van der Waals surface area contributed by atoms with E-state index in [0.29, 0.717) is 0 Å². The summed E-state index contributed by atoms with van der Waals surface area (Å²) in [5.74, 6) is 0.865. The smallest absolute Gasteiger partial charge is 0.119 e. The fraction of sp³-hybridized carbons (Fsp3) is 0.259. The summed E-state index contributed by atoms with van der Waals surface area (Å²) in [4.78, 5) is 2.42. The zero-order valence-corrected chi connectivity index (χ0v) is 18.3. The molecule has 0 heterocycles. The zero-order valence-electron chi connectivity index (χ0n) is 18.3. The Labute approximate surface area is 181 Å². The Morgan fingerprint density at radius 1 is 0.867 bits per heavy atom. The van der Waals surface area contributed by atoms with Gasteiger partial charge >= 0.3 is 0 Å². The van der Waals surface area contributed by atoms with Crippen molar-refractivity contribution in [1.29, 1.82) is 0 Å². The average Bonchev–Trinajstić information content (AvgIpc) is 2.81. The number of hydrogen-bond donors (Lipinski definition) is 1. The molecule has 0 bridgehead atoms. The molecule has 0 spiro atoms. The number of hydrogen-bond acceptors (Lipinski definition) is 3. The predicted molar refractivity (Wildman–Crippen MR) is 129 cm³/mol. The van der Waals surface area contributed by atoms with Crippen LogP contribution in [0.4, 0.5) is 5.69 Å². The van der Waals surface area contributed by atoms with Gasteiger partial charge in [0.1, 0.15) is 5.75 Å². The van der Waals surface area contributed by atoms with Gasteiger partial charge < -0.3 is 15.0 Å². The SMILES string of the molecule is CCN(CC)CCNc1ccc(C(=Cc2cccc(OC)c2)c2ccccc2)cc1. The van der Waals surface area contributed by atoms with Gasteiger partial charge in [0, 0.05) is 18.8 Å². The van der Waals surface area contributed by atoms with E-state index in [9.17, 15) is 0 Å². The lowest BCUT2D eigenvalue weighted by molar-refractivity contribution is 0.316. The molecule has 1 N–H and O–H groups in total. The van der Waals surface area contributed by atoms with Crippen LogP contribution in [0.1, 0.15) is 30.5 Å². The highest BCUT2D eigenvalue weighted by Crippen LogP contribution is 2.28. The largest absolute Gasteiger partial charge is 0.497 e. The Kier molecular flexibility index (Phi) is 8.10. The number of nitrogens with one attached hydrogen (secondary N) is 1. The van der Waals surface area contributed by atoms with Crippen LogP contribution in [-0.2, 0) is 0 Å². The molecular formula is C27H32N2O. The first kappa shape index (κ1) is 21.7. The van der Waals surface area contributed by atoms with Gasteiger partial charge in [0.05, 0.1) is 7.11 Å². The Hall–Kier alpha value is -3.04. The molecule has 3 aromatic rings. The number of benzene rings is 3. The summed E-state index contributed by atoms with van der Waals surface area (Å²) in [5, 5.41) is 3.54. The number of nitrogens with zero attached hydrogens (tertiary/aromatic N) is 1. The monoisotopic (exact) mass is 400 g/mol. The van der Waals surface area contributed by atoms with Gasteiger partial charge in [-0.2, -0.15) is 0 Å². The van der Waals surface area contributed by atoms with Gasteiger partial charge in [0.15, 0.2) is 0 Å². The molecule has 0 amide bonds. The highest BCUT2D eigenvalue weighted by molar-refractivity contribution is 5.91. The van der Waals surface area contributed by atoms with Gasteiger partial charge in [0.25, 0.3) is 0 Å². The highest BCUT2D eigenvalue weighted by Gasteiger charge is 2.06. The summed E-state index contributed by atoms with van der Waals surface area (Å²) < 4.78 is 5.39. The minimum Gasteiger partial charge on any atom is -0.497 e. The molecule has 3 heteroatoms. The minimum atomic E-state index is 0.865. The molecular weight excluding hydrogens is 368 g/mol. The minimum absolute atomic E-state index is 0.865. The molecule has 0 aliphatic carbocycles. The number of anilines is 1. The van der Waals surface area contributed by atoms with E-state index < -0.39 is 0 Å². The molecule has 3 nitrogen and oxygen atoms in total. The van der Waals surface area contributed by atoms with E-state index in [-0.39, 0.29) is 0 Å². The molecule has 0 aliphatic heterocycles. The van der Waals surface area contributed by atoms with Crippen molar-refractivity contribution in [2.24, 2.45) is 0 Å². The molecule has 3 aromatic carbocycles. The maximum Gasteiger partial charge on any atom is 0.119 e. The van der Waals surface area contributed by atoms with Crippen LogP contribution in [0.5, 0.6) is 5.75 Å². The van der Waals surface area contributed by atoms with Gasteiger partial charge in [0.2, 0.25) is 0 Å². The van der Waals surface area contributed by atoms with Gasteiger partial charge in [-0.05, 0) is 65.7 Å². The molecule has 0 atom stereocenters. The first-order valence-corrected chi connectivity index (χ1v) is 10.7. The maximum absolute atomic E-state index is 5.39. The third-order valence-corrected chi connectivity index (χ3v) is 5.34. The molecule has 0 aromatic heterocycles. The number of likely N-dealkylation sites (N-methyl/N-ethyl adjacent to an activating group) is 1. The normalized spacial score (nSPS) is 11.5. The molecule has 0 aliphatic rings. The second kappa shape index (κ2) is 11.2. The molecule has 0 unspecified atom stereocenters. The lowest BCUT2D eigenvalue weighted by Crippen LogP contribution is -2.28. The van der Waals surface area contributed by atoms with Crippen molar-refractivity contribution >= 4 is 17.3 Å².